The molecule has 3 aromatic rings. The Kier molecular flexibility index (Phi) is 4.88. The summed E-state index contributed by atoms with van der Waals surface area (Å²) in [5.74, 6) is 0.545. The summed E-state index contributed by atoms with van der Waals surface area (Å²) in [6.07, 6.45) is 0. The molecule has 0 radical (unpaired) electrons. The number of oxime groups is 1. The first kappa shape index (κ1) is 17.2. The number of para-hydroxylation sites is 2. The van der Waals surface area contributed by atoms with E-state index in [-0.39, 0.29) is 18.1 Å². The molecule has 3 rings (SSSR count). The second-order valence-electron chi connectivity index (χ2n) is 5.41. The molecule has 10 heteroatoms. The van der Waals surface area contributed by atoms with Crippen LogP contribution < -0.4 is 4.90 Å². The van der Waals surface area contributed by atoms with Crippen molar-refractivity contribution in [2.75, 3.05) is 19.0 Å². The minimum Gasteiger partial charge on any atom is -0.387 e. The number of hydrogen-bond acceptors (Lipinski definition) is 7. The summed E-state index contributed by atoms with van der Waals surface area (Å²) in [6.45, 7) is -1.11. The molecule has 0 saturated heterocycles. The first-order chi connectivity index (χ1) is 12.0. The van der Waals surface area contributed by atoms with Gasteiger partial charge in [-0.05, 0) is 19.1 Å². The zero-order valence-electron chi connectivity index (χ0n) is 13.8. The fourth-order valence-electron chi connectivity index (χ4n) is 2.21. The van der Waals surface area contributed by atoms with Gasteiger partial charge in [0.05, 0.1) is 11.0 Å². The molecule has 2 aromatic heterocycles. The van der Waals surface area contributed by atoms with Gasteiger partial charge in [-0.2, -0.15) is 18.1 Å². The molecule has 1 aromatic carbocycles. The maximum atomic E-state index is 13.4. The van der Waals surface area contributed by atoms with Gasteiger partial charge in [0.25, 0.3) is 0 Å². The number of fused-ring (bicyclic) bond motifs is 1. The Balaban J connectivity index is 1.80. The zero-order valence-corrected chi connectivity index (χ0v) is 14.7. The lowest BCUT2D eigenvalue weighted by Gasteiger charge is -2.07. The first-order valence-electron chi connectivity index (χ1n) is 7.39. The summed E-state index contributed by atoms with van der Waals surface area (Å²) >= 11 is 1.24. The lowest BCUT2D eigenvalue weighted by molar-refractivity contribution is 0.0735. The maximum absolute atomic E-state index is 13.4. The number of nitrogens with zero attached hydrogens (tertiary/aromatic N) is 6. The molecule has 132 valence electrons. The number of rotatable bonds is 6. The predicted molar refractivity (Wildman–Crippen MR) is 92.2 cm³/mol. The van der Waals surface area contributed by atoms with E-state index in [1.54, 1.807) is 31.2 Å². The molecule has 0 amide bonds. The largest absolute Gasteiger partial charge is 0.387 e. The summed E-state index contributed by atoms with van der Waals surface area (Å²) in [6, 6.07) is 6.70. The molecule has 7 nitrogen and oxygen atoms in total. The van der Waals surface area contributed by atoms with E-state index in [1.807, 2.05) is 19.0 Å². The maximum Gasteiger partial charge on any atom is 0.320 e. The van der Waals surface area contributed by atoms with E-state index in [2.05, 4.69) is 19.5 Å². The fourth-order valence-corrected chi connectivity index (χ4v) is 2.80. The number of alkyl halides is 2. The van der Waals surface area contributed by atoms with Gasteiger partial charge in [0.15, 0.2) is 18.3 Å². The highest BCUT2D eigenvalue weighted by molar-refractivity contribution is 7.09. The van der Waals surface area contributed by atoms with Crippen molar-refractivity contribution in [2.45, 2.75) is 20.1 Å². The van der Waals surface area contributed by atoms with Crippen molar-refractivity contribution in [1.82, 2.24) is 18.9 Å². The summed E-state index contributed by atoms with van der Waals surface area (Å²) in [5.41, 5.74) is 1.07. The number of imidazole rings is 1. The van der Waals surface area contributed by atoms with Crippen LogP contribution in [0.5, 0.6) is 0 Å². The van der Waals surface area contributed by atoms with Crippen LogP contribution in [0.2, 0.25) is 0 Å². The SMILES string of the molecule is CC(=NOCc1nsc(N(C)C)n1)c1nc2ccccc2n1C(F)F. The van der Waals surface area contributed by atoms with Crippen molar-refractivity contribution in [1.29, 1.82) is 0 Å². The van der Waals surface area contributed by atoms with E-state index in [0.29, 0.717) is 16.9 Å². The smallest absolute Gasteiger partial charge is 0.320 e. The van der Waals surface area contributed by atoms with E-state index in [4.69, 9.17) is 4.84 Å². The Morgan fingerprint density at radius 1 is 1.32 bits per heavy atom. The van der Waals surface area contributed by atoms with Gasteiger partial charge in [-0.25, -0.2) is 4.98 Å². The number of halogens is 2. The van der Waals surface area contributed by atoms with Crippen molar-refractivity contribution in [3.05, 3.63) is 35.9 Å². The third kappa shape index (κ3) is 3.58. The Labute approximate surface area is 146 Å². The van der Waals surface area contributed by atoms with Crippen LogP contribution in [0.15, 0.2) is 29.4 Å². The Hall–Kier alpha value is -2.62. The third-order valence-corrected chi connectivity index (χ3v) is 4.27. The van der Waals surface area contributed by atoms with Gasteiger partial charge < -0.3 is 9.74 Å². The molecule has 0 unspecified atom stereocenters. The van der Waals surface area contributed by atoms with Crippen molar-refractivity contribution in [3.8, 4) is 0 Å². The second-order valence-corrected chi connectivity index (χ2v) is 6.14. The number of anilines is 1. The molecule has 2 heterocycles. The summed E-state index contributed by atoms with van der Waals surface area (Å²) in [5, 5.41) is 4.64. The van der Waals surface area contributed by atoms with Crippen LogP contribution in [0, 0.1) is 0 Å². The molecule has 0 N–H and O–H groups in total. The highest BCUT2D eigenvalue weighted by Gasteiger charge is 2.19. The fraction of sp³-hybridized carbons (Fsp3) is 0.333. The second kappa shape index (κ2) is 7.09. The highest BCUT2D eigenvalue weighted by atomic mass is 32.1. The minimum absolute atomic E-state index is 0.0522. The lowest BCUT2D eigenvalue weighted by Crippen LogP contribution is -2.10. The Morgan fingerprint density at radius 3 is 2.76 bits per heavy atom. The van der Waals surface area contributed by atoms with Crippen LogP contribution in [-0.2, 0) is 11.4 Å². The van der Waals surface area contributed by atoms with Crippen molar-refractivity contribution < 1.29 is 13.6 Å². The molecule has 0 aliphatic heterocycles. The lowest BCUT2D eigenvalue weighted by atomic mass is 10.3. The highest BCUT2D eigenvalue weighted by Crippen LogP contribution is 2.23. The van der Waals surface area contributed by atoms with Gasteiger partial charge in [-0.1, -0.05) is 17.3 Å². The average Bonchev–Trinajstić information content (AvgIpc) is 3.19. The van der Waals surface area contributed by atoms with Gasteiger partial charge in [-0.3, -0.25) is 4.57 Å². The van der Waals surface area contributed by atoms with Gasteiger partial charge in [-0.15, -0.1) is 0 Å². The molecule has 25 heavy (non-hydrogen) atoms. The van der Waals surface area contributed by atoms with Crippen molar-refractivity contribution in [3.63, 3.8) is 0 Å². The average molecular weight is 366 g/mol. The number of hydrogen-bond donors (Lipinski definition) is 0. The molecule has 0 bridgehead atoms. The topological polar surface area (TPSA) is 68.4 Å². The van der Waals surface area contributed by atoms with Gasteiger partial charge in [0.1, 0.15) is 5.71 Å². The monoisotopic (exact) mass is 366 g/mol. The zero-order chi connectivity index (χ0) is 18.0. The van der Waals surface area contributed by atoms with E-state index >= 15 is 0 Å². The van der Waals surface area contributed by atoms with Crippen molar-refractivity contribution >= 4 is 33.4 Å². The summed E-state index contributed by atoms with van der Waals surface area (Å²) < 4.78 is 31.8. The normalized spacial score (nSPS) is 12.2. The Bertz CT molecular complexity index is 904. The molecular formula is C15H16F2N6OS. The Morgan fingerprint density at radius 2 is 2.08 bits per heavy atom. The van der Waals surface area contributed by atoms with E-state index in [0.717, 1.165) is 9.70 Å². The molecular weight excluding hydrogens is 350 g/mol. The van der Waals surface area contributed by atoms with Crippen LogP contribution in [0.4, 0.5) is 13.9 Å². The van der Waals surface area contributed by atoms with Crippen LogP contribution >= 0.6 is 11.5 Å². The van der Waals surface area contributed by atoms with Crippen molar-refractivity contribution in [2.24, 2.45) is 5.16 Å². The molecule has 0 atom stereocenters. The van der Waals surface area contributed by atoms with Gasteiger partial charge >= 0.3 is 6.55 Å². The quantitative estimate of drug-likeness (QED) is 0.495. The summed E-state index contributed by atoms with van der Waals surface area (Å²) in [7, 11) is 3.73. The van der Waals surface area contributed by atoms with E-state index in [9.17, 15) is 8.78 Å². The standard InChI is InChI=1S/C15H16F2N6OS/c1-9(20-24-8-12-19-15(22(2)3)25-21-12)13-18-10-6-4-5-7-11(10)23(13)14(16)17/h4-7,14H,8H2,1-3H3. The number of aromatic nitrogens is 4. The molecule has 0 aliphatic rings. The van der Waals surface area contributed by atoms with Crippen LogP contribution in [-0.4, -0.2) is 38.7 Å². The van der Waals surface area contributed by atoms with Crippen LogP contribution in [0.3, 0.4) is 0 Å². The molecule has 0 spiro atoms. The molecule has 0 fully saturated rings. The third-order valence-electron chi connectivity index (χ3n) is 3.35. The van der Waals surface area contributed by atoms with E-state index < -0.39 is 6.55 Å². The van der Waals surface area contributed by atoms with Crippen LogP contribution in [0.1, 0.15) is 25.1 Å². The van der Waals surface area contributed by atoms with Gasteiger partial charge in [0, 0.05) is 25.6 Å². The molecule has 0 aliphatic carbocycles. The van der Waals surface area contributed by atoms with E-state index in [1.165, 1.54) is 11.5 Å². The van der Waals surface area contributed by atoms with Crippen LogP contribution in [0.25, 0.3) is 11.0 Å². The summed E-state index contributed by atoms with van der Waals surface area (Å²) in [4.78, 5) is 15.5. The number of benzene rings is 1. The van der Waals surface area contributed by atoms with Gasteiger partial charge in [0.2, 0.25) is 5.13 Å². The first-order valence-corrected chi connectivity index (χ1v) is 8.16. The molecule has 0 saturated carbocycles. The minimum atomic E-state index is -2.73. The predicted octanol–water partition coefficient (Wildman–Crippen LogP) is 3.29.